The van der Waals surface area contributed by atoms with Crippen LogP contribution < -0.4 is 14.3 Å². The standard InChI is InChI=1S/C26H39N3O4S2/c1-3-19-34(30,31)27-17-18-29(21-22-9-6-5-7-10-22)24-15-13-23(14-16-24)25-11-8-12-26(25)28-35(32,33)20-4-2/h5-7,9-10,13-16,25-28H,3-4,8,11-12,17-21H2,1-2H3. The molecular formula is C26H39N3O4S2. The summed E-state index contributed by atoms with van der Waals surface area (Å²) < 4.78 is 54.5. The highest BCUT2D eigenvalue weighted by atomic mass is 32.2. The van der Waals surface area contributed by atoms with Crippen molar-refractivity contribution in [2.45, 2.75) is 64.5 Å². The van der Waals surface area contributed by atoms with Gasteiger partial charge in [0.05, 0.1) is 11.5 Å². The molecule has 2 aromatic carbocycles. The molecule has 0 spiro atoms. The van der Waals surface area contributed by atoms with Crippen molar-refractivity contribution >= 4 is 25.7 Å². The number of benzene rings is 2. The lowest BCUT2D eigenvalue weighted by atomic mass is 9.94. The van der Waals surface area contributed by atoms with Crippen molar-refractivity contribution in [3.63, 3.8) is 0 Å². The van der Waals surface area contributed by atoms with Crippen molar-refractivity contribution in [2.24, 2.45) is 0 Å². The number of nitrogens with zero attached hydrogens (tertiary/aromatic N) is 1. The fourth-order valence-electron chi connectivity index (χ4n) is 4.77. The maximum absolute atomic E-state index is 12.3. The Morgan fingerprint density at radius 3 is 2.17 bits per heavy atom. The summed E-state index contributed by atoms with van der Waals surface area (Å²) in [6.45, 7) is 5.27. The fraction of sp³-hybridized carbons (Fsp3) is 0.538. The Morgan fingerprint density at radius 1 is 0.857 bits per heavy atom. The van der Waals surface area contributed by atoms with Crippen molar-refractivity contribution in [2.75, 3.05) is 29.5 Å². The third-order valence-electron chi connectivity index (χ3n) is 6.40. The molecule has 0 bridgehead atoms. The quantitative estimate of drug-likeness (QED) is 0.392. The zero-order valence-electron chi connectivity index (χ0n) is 20.8. The lowest BCUT2D eigenvalue weighted by Gasteiger charge is -2.26. The highest BCUT2D eigenvalue weighted by Gasteiger charge is 2.31. The Bertz CT molecular complexity index is 1120. The molecule has 1 aliphatic carbocycles. The third kappa shape index (κ3) is 8.59. The van der Waals surface area contributed by atoms with E-state index in [0.717, 1.165) is 36.1 Å². The predicted octanol–water partition coefficient (Wildman–Crippen LogP) is 3.99. The molecule has 2 atom stereocenters. The summed E-state index contributed by atoms with van der Waals surface area (Å²) in [6, 6.07) is 18.4. The van der Waals surface area contributed by atoms with Gasteiger partial charge in [0.25, 0.3) is 0 Å². The van der Waals surface area contributed by atoms with Gasteiger partial charge < -0.3 is 4.90 Å². The molecule has 194 valence electrons. The minimum atomic E-state index is -3.26. The summed E-state index contributed by atoms with van der Waals surface area (Å²) in [6.07, 6.45) is 4.01. The highest BCUT2D eigenvalue weighted by molar-refractivity contribution is 7.89. The Hall–Kier alpha value is -1.94. The van der Waals surface area contributed by atoms with Crippen molar-refractivity contribution < 1.29 is 16.8 Å². The van der Waals surface area contributed by atoms with Crippen LogP contribution >= 0.6 is 0 Å². The van der Waals surface area contributed by atoms with Gasteiger partial charge in [-0.2, -0.15) is 0 Å². The minimum absolute atomic E-state index is 0.0641. The molecule has 9 heteroatoms. The van der Waals surface area contributed by atoms with E-state index >= 15 is 0 Å². The van der Waals surface area contributed by atoms with Gasteiger partial charge in [-0.25, -0.2) is 26.3 Å². The smallest absolute Gasteiger partial charge is 0.211 e. The summed E-state index contributed by atoms with van der Waals surface area (Å²) in [7, 11) is -6.51. The maximum Gasteiger partial charge on any atom is 0.211 e. The molecule has 2 unspecified atom stereocenters. The van der Waals surface area contributed by atoms with Gasteiger partial charge in [-0.15, -0.1) is 0 Å². The third-order valence-corrected chi connectivity index (χ3v) is 9.60. The molecule has 3 rings (SSSR count). The fourth-order valence-corrected chi connectivity index (χ4v) is 7.25. The molecule has 0 heterocycles. The van der Waals surface area contributed by atoms with E-state index in [-0.39, 0.29) is 23.5 Å². The van der Waals surface area contributed by atoms with E-state index in [1.54, 1.807) is 0 Å². The summed E-state index contributed by atoms with van der Waals surface area (Å²) in [5, 5.41) is 0. The Balaban J connectivity index is 1.73. The number of sulfonamides is 2. The van der Waals surface area contributed by atoms with Gasteiger partial charge in [0.1, 0.15) is 0 Å². The van der Waals surface area contributed by atoms with E-state index in [2.05, 4.69) is 50.7 Å². The summed E-state index contributed by atoms with van der Waals surface area (Å²) >= 11 is 0. The van der Waals surface area contributed by atoms with E-state index in [9.17, 15) is 16.8 Å². The van der Waals surface area contributed by atoms with E-state index in [4.69, 9.17) is 0 Å². The molecule has 1 aliphatic rings. The monoisotopic (exact) mass is 521 g/mol. The van der Waals surface area contributed by atoms with Gasteiger partial charge in [0, 0.05) is 37.3 Å². The van der Waals surface area contributed by atoms with Crippen LogP contribution in [0.2, 0.25) is 0 Å². The van der Waals surface area contributed by atoms with Crippen molar-refractivity contribution in [1.29, 1.82) is 0 Å². The normalized spacial score (nSPS) is 18.6. The van der Waals surface area contributed by atoms with Gasteiger partial charge >= 0.3 is 0 Å². The topological polar surface area (TPSA) is 95.6 Å². The summed E-state index contributed by atoms with van der Waals surface area (Å²) in [4.78, 5) is 2.17. The van der Waals surface area contributed by atoms with Crippen LogP contribution in [0.1, 0.15) is 63.0 Å². The molecule has 7 nitrogen and oxygen atoms in total. The zero-order valence-corrected chi connectivity index (χ0v) is 22.5. The molecule has 0 aromatic heterocycles. The molecule has 1 saturated carbocycles. The highest BCUT2D eigenvalue weighted by Crippen LogP contribution is 2.36. The lowest BCUT2D eigenvalue weighted by molar-refractivity contribution is 0.524. The first-order valence-electron chi connectivity index (χ1n) is 12.6. The van der Waals surface area contributed by atoms with Crippen LogP contribution in [0.15, 0.2) is 54.6 Å². The summed E-state index contributed by atoms with van der Waals surface area (Å²) in [5.74, 6) is 0.454. The number of hydrogen-bond donors (Lipinski definition) is 2. The van der Waals surface area contributed by atoms with Gasteiger partial charge in [-0.3, -0.25) is 0 Å². The SMILES string of the molecule is CCCS(=O)(=O)NCCN(Cc1ccccc1)c1ccc(C2CCCC2NS(=O)(=O)CCC)cc1. The first-order valence-corrected chi connectivity index (χ1v) is 15.9. The van der Waals surface area contributed by atoms with Gasteiger partial charge in [0.2, 0.25) is 20.0 Å². The second-order valence-electron chi connectivity index (χ2n) is 9.29. The summed E-state index contributed by atoms with van der Waals surface area (Å²) in [5.41, 5.74) is 3.29. The number of anilines is 1. The van der Waals surface area contributed by atoms with Crippen LogP contribution in [0.25, 0.3) is 0 Å². The van der Waals surface area contributed by atoms with Crippen LogP contribution in [0.4, 0.5) is 5.69 Å². The number of nitrogens with one attached hydrogen (secondary N) is 2. The maximum atomic E-state index is 12.3. The van der Waals surface area contributed by atoms with Gasteiger partial charge in [0.15, 0.2) is 0 Å². The van der Waals surface area contributed by atoms with Crippen molar-refractivity contribution in [3.8, 4) is 0 Å². The number of rotatable bonds is 14. The van der Waals surface area contributed by atoms with E-state index < -0.39 is 20.0 Å². The predicted molar refractivity (Wildman–Crippen MR) is 144 cm³/mol. The minimum Gasteiger partial charge on any atom is -0.366 e. The second-order valence-corrected chi connectivity index (χ2v) is 13.1. The average molecular weight is 522 g/mol. The van der Waals surface area contributed by atoms with Crippen LogP contribution in [0, 0.1) is 0 Å². The Labute approximate surface area is 211 Å². The molecule has 0 saturated heterocycles. The van der Waals surface area contributed by atoms with E-state index in [1.165, 1.54) is 0 Å². The molecule has 2 N–H and O–H groups in total. The molecule has 2 aromatic rings. The Morgan fingerprint density at radius 2 is 1.51 bits per heavy atom. The molecule has 0 radical (unpaired) electrons. The van der Waals surface area contributed by atoms with E-state index in [0.29, 0.717) is 32.5 Å². The van der Waals surface area contributed by atoms with Gasteiger partial charge in [-0.1, -0.05) is 62.7 Å². The molecule has 1 fully saturated rings. The first-order chi connectivity index (χ1) is 16.7. The Kier molecular flexibility index (Phi) is 10.1. The van der Waals surface area contributed by atoms with Crippen LogP contribution in [0.3, 0.4) is 0 Å². The molecule has 0 amide bonds. The van der Waals surface area contributed by atoms with Crippen LogP contribution in [-0.2, 0) is 26.6 Å². The van der Waals surface area contributed by atoms with Crippen molar-refractivity contribution in [3.05, 3.63) is 65.7 Å². The van der Waals surface area contributed by atoms with Crippen LogP contribution in [0.5, 0.6) is 0 Å². The largest absolute Gasteiger partial charge is 0.366 e. The first kappa shape index (κ1) is 27.6. The second kappa shape index (κ2) is 12.9. The van der Waals surface area contributed by atoms with Crippen molar-refractivity contribution in [1.82, 2.24) is 9.44 Å². The molecule has 0 aliphatic heterocycles. The van der Waals surface area contributed by atoms with Crippen LogP contribution in [-0.4, -0.2) is 47.5 Å². The lowest BCUT2D eigenvalue weighted by Crippen LogP contribution is -2.37. The molecule has 35 heavy (non-hydrogen) atoms. The molecular weight excluding hydrogens is 482 g/mol. The number of hydrogen-bond acceptors (Lipinski definition) is 5. The average Bonchev–Trinajstić information content (AvgIpc) is 3.26. The van der Waals surface area contributed by atoms with E-state index in [1.807, 2.05) is 32.0 Å². The van der Waals surface area contributed by atoms with Gasteiger partial charge in [-0.05, 0) is 48.9 Å². The zero-order chi connectivity index (χ0) is 25.3.